The molecule has 1 aliphatic rings. The van der Waals surface area contributed by atoms with E-state index in [1.54, 1.807) is 0 Å². The van der Waals surface area contributed by atoms with Crippen LogP contribution in [0.4, 0.5) is 8.78 Å². The number of carboxylic acids is 1. The number of aliphatic carboxylic acids is 1. The molecule has 0 bridgehead atoms. The highest BCUT2D eigenvalue weighted by molar-refractivity contribution is 6.00. The van der Waals surface area contributed by atoms with Crippen molar-refractivity contribution in [3.05, 3.63) is 35.4 Å². The zero-order valence-electron chi connectivity index (χ0n) is 11.1. The molecule has 3 atom stereocenters. The van der Waals surface area contributed by atoms with E-state index in [2.05, 4.69) is 0 Å². The lowest BCUT2D eigenvalue weighted by Crippen LogP contribution is -2.25. The van der Waals surface area contributed by atoms with Crippen LogP contribution in [0.3, 0.4) is 0 Å². The zero-order chi connectivity index (χ0) is 14.9. The van der Waals surface area contributed by atoms with E-state index in [9.17, 15) is 23.5 Å². The Morgan fingerprint density at radius 2 is 1.85 bits per heavy atom. The predicted octanol–water partition coefficient (Wildman–Crippen LogP) is 3.28. The third-order valence-electron chi connectivity index (χ3n) is 4.10. The number of halogens is 2. The summed E-state index contributed by atoms with van der Waals surface area (Å²) in [6.45, 7) is 1.95. The molecule has 108 valence electrons. The zero-order valence-corrected chi connectivity index (χ0v) is 11.1. The summed E-state index contributed by atoms with van der Waals surface area (Å²) in [6.07, 6.45) is 1.77. The Hall–Kier alpha value is -1.78. The number of hydrogen-bond donors (Lipinski definition) is 1. The van der Waals surface area contributed by atoms with E-state index in [1.807, 2.05) is 6.92 Å². The van der Waals surface area contributed by atoms with E-state index in [1.165, 1.54) is 6.07 Å². The van der Waals surface area contributed by atoms with Gasteiger partial charge in [-0.2, -0.15) is 0 Å². The summed E-state index contributed by atoms with van der Waals surface area (Å²) in [4.78, 5) is 23.6. The fourth-order valence-electron chi connectivity index (χ4n) is 2.90. The van der Waals surface area contributed by atoms with Crippen molar-refractivity contribution in [3.8, 4) is 0 Å². The summed E-state index contributed by atoms with van der Waals surface area (Å²) in [5, 5.41) is 9.21. The molecule has 0 aromatic heterocycles. The number of Topliss-reactive ketones (excluding diaryl/α,β-unsaturated/α-hetero) is 1. The topological polar surface area (TPSA) is 54.4 Å². The second kappa shape index (κ2) is 5.69. The Morgan fingerprint density at radius 3 is 2.40 bits per heavy atom. The van der Waals surface area contributed by atoms with Crippen molar-refractivity contribution in [2.75, 3.05) is 0 Å². The van der Waals surface area contributed by atoms with E-state index in [4.69, 9.17) is 0 Å². The van der Waals surface area contributed by atoms with Crippen LogP contribution in [0.2, 0.25) is 0 Å². The molecular weight excluding hydrogens is 266 g/mol. The minimum Gasteiger partial charge on any atom is -0.481 e. The Morgan fingerprint density at radius 1 is 1.20 bits per heavy atom. The number of hydrogen-bond acceptors (Lipinski definition) is 2. The van der Waals surface area contributed by atoms with Crippen LogP contribution < -0.4 is 0 Å². The van der Waals surface area contributed by atoms with Gasteiger partial charge >= 0.3 is 5.97 Å². The lowest BCUT2D eigenvalue weighted by atomic mass is 9.88. The fraction of sp³-hybridized carbons (Fsp3) is 0.467. The quantitative estimate of drug-likeness (QED) is 0.862. The average molecular weight is 282 g/mol. The molecule has 0 amide bonds. The van der Waals surface area contributed by atoms with Gasteiger partial charge in [0.1, 0.15) is 0 Å². The molecule has 1 saturated carbocycles. The first kappa shape index (κ1) is 14.6. The minimum absolute atomic E-state index is 0.0388. The Balaban J connectivity index is 2.26. The molecule has 3 unspecified atom stereocenters. The van der Waals surface area contributed by atoms with E-state index in [-0.39, 0.29) is 11.5 Å². The second-order valence-electron chi connectivity index (χ2n) is 5.29. The van der Waals surface area contributed by atoms with E-state index in [0.717, 1.165) is 18.6 Å². The Kier molecular flexibility index (Phi) is 4.16. The first-order valence-corrected chi connectivity index (χ1v) is 6.66. The van der Waals surface area contributed by atoms with Crippen molar-refractivity contribution in [1.29, 1.82) is 0 Å². The molecule has 1 fully saturated rings. The van der Waals surface area contributed by atoms with Gasteiger partial charge in [0.05, 0.1) is 5.92 Å². The number of carboxylic acid groups (broad SMARTS) is 1. The van der Waals surface area contributed by atoms with Gasteiger partial charge in [-0.25, -0.2) is 8.78 Å². The third kappa shape index (κ3) is 2.71. The average Bonchev–Trinajstić information content (AvgIpc) is 2.85. The molecule has 1 aromatic carbocycles. The van der Waals surface area contributed by atoms with Crippen LogP contribution >= 0.6 is 0 Å². The van der Waals surface area contributed by atoms with Crippen LogP contribution in [-0.2, 0) is 4.79 Å². The van der Waals surface area contributed by atoms with Gasteiger partial charge in [0.25, 0.3) is 0 Å². The molecule has 5 heteroatoms. The molecular formula is C15H16F2O3. The number of carbonyl (C=O) groups is 2. The molecule has 2 rings (SSSR count). The van der Waals surface area contributed by atoms with Crippen molar-refractivity contribution in [2.45, 2.75) is 26.2 Å². The SMILES string of the molecule is CCC1CC(C(=O)O)C(C(=O)c2ccc(F)c(F)c2)C1. The highest BCUT2D eigenvalue weighted by Gasteiger charge is 2.42. The van der Waals surface area contributed by atoms with Gasteiger partial charge in [-0.3, -0.25) is 9.59 Å². The Labute approximate surface area is 115 Å². The standard InChI is InChI=1S/C15H16F2O3/c1-2-8-5-10(11(6-8)15(19)20)14(18)9-3-4-12(16)13(17)7-9/h3-4,7-8,10-11H,2,5-6H2,1H3,(H,19,20). The highest BCUT2D eigenvalue weighted by Crippen LogP contribution is 2.40. The first-order valence-electron chi connectivity index (χ1n) is 6.66. The molecule has 3 nitrogen and oxygen atoms in total. The van der Waals surface area contributed by atoms with Crippen LogP contribution in [0, 0.1) is 29.4 Å². The van der Waals surface area contributed by atoms with Crippen molar-refractivity contribution in [1.82, 2.24) is 0 Å². The monoisotopic (exact) mass is 282 g/mol. The van der Waals surface area contributed by atoms with Gasteiger partial charge in [-0.05, 0) is 37.0 Å². The van der Waals surface area contributed by atoms with Gasteiger partial charge in [0.2, 0.25) is 0 Å². The molecule has 1 aromatic rings. The molecule has 0 radical (unpaired) electrons. The third-order valence-corrected chi connectivity index (χ3v) is 4.10. The smallest absolute Gasteiger partial charge is 0.307 e. The fourth-order valence-corrected chi connectivity index (χ4v) is 2.90. The minimum atomic E-state index is -1.09. The molecule has 0 spiro atoms. The Bertz CT molecular complexity index is 542. The summed E-state index contributed by atoms with van der Waals surface area (Å²) < 4.78 is 26.1. The van der Waals surface area contributed by atoms with Crippen molar-refractivity contribution < 1.29 is 23.5 Å². The number of ketones is 1. The maximum Gasteiger partial charge on any atom is 0.307 e. The van der Waals surface area contributed by atoms with Gasteiger partial charge in [-0.1, -0.05) is 13.3 Å². The van der Waals surface area contributed by atoms with Gasteiger partial charge in [-0.15, -0.1) is 0 Å². The molecule has 0 aliphatic heterocycles. The van der Waals surface area contributed by atoms with Gasteiger partial charge < -0.3 is 5.11 Å². The number of benzene rings is 1. The number of rotatable bonds is 4. The predicted molar refractivity (Wildman–Crippen MR) is 68.3 cm³/mol. The lowest BCUT2D eigenvalue weighted by molar-refractivity contribution is -0.142. The molecule has 0 heterocycles. The lowest BCUT2D eigenvalue weighted by Gasteiger charge is -2.14. The van der Waals surface area contributed by atoms with Crippen LogP contribution in [0.5, 0.6) is 0 Å². The maximum atomic E-state index is 13.2. The van der Waals surface area contributed by atoms with Gasteiger partial charge in [0, 0.05) is 11.5 Å². The molecule has 0 saturated heterocycles. The summed E-state index contributed by atoms with van der Waals surface area (Å²) >= 11 is 0. The van der Waals surface area contributed by atoms with E-state index in [0.29, 0.717) is 12.8 Å². The van der Waals surface area contributed by atoms with E-state index >= 15 is 0 Å². The molecule has 1 aliphatic carbocycles. The summed E-state index contributed by atoms with van der Waals surface area (Å²) in [5.74, 6) is -4.71. The van der Waals surface area contributed by atoms with Crippen LogP contribution in [-0.4, -0.2) is 16.9 Å². The van der Waals surface area contributed by atoms with Crippen LogP contribution in [0.15, 0.2) is 18.2 Å². The largest absolute Gasteiger partial charge is 0.481 e. The molecule has 1 N–H and O–H groups in total. The second-order valence-corrected chi connectivity index (χ2v) is 5.29. The summed E-state index contributed by atoms with van der Waals surface area (Å²) in [6, 6.07) is 2.94. The van der Waals surface area contributed by atoms with E-state index < -0.39 is 35.2 Å². The van der Waals surface area contributed by atoms with Crippen molar-refractivity contribution in [3.63, 3.8) is 0 Å². The first-order chi connectivity index (χ1) is 9.43. The number of carbonyl (C=O) groups excluding carboxylic acids is 1. The summed E-state index contributed by atoms with van der Waals surface area (Å²) in [7, 11) is 0. The summed E-state index contributed by atoms with van der Waals surface area (Å²) in [5.41, 5.74) is 0.0388. The van der Waals surface area contributed by atoms with Gasteiger partial charge in [0.15, 0.2) is 17.4 Å². The van der Waals surface area contributed by atoms with Crippen molar-refractivity contribution >= 4 is 11.8 Å². The maximum absolute atomic E-state index is 13.2. The van der Waals surface area contributed by atoms with Crippen molar-refractivity contribution in [2.24, 2.45) is 17.8 Å². The molecule has 20 heavy (non-hydrogen) atoms. The van der Waals surface area contributed by atoms with Crippen LogP contribution in [0.25, 0.3) is 0 Å². The normalized spacial score (nSPS) is 25.6. The highest BCUT2D eigenvalue weighted by atomic mass is 19.2. The van der Waals surface area contributed by atoms with Crippen LogP contribution in [0.1, 0.15) is 36.5 Å².